The molecule has 0 radical (unpaired) electrons. The summed E-state index contributed by atoms with van der Waals surface area (Å²) < 4.78 is 4.54. The van der Waals surface area contributed by atoms with E-state index in [0.717, 1.165) is 66.6 Å². The fraction of sp³-hybridized carbons (Fsp3) is 0.0455. The molecule has 0 N–H and O–H groups in total. The highest BCUT2D eigenvalue weighted by Gasteiger charge is 2.18. The predicted octanol–water partition coefficient (Wildman–Crippen LogP) is 11.1. The van der Waals surface area contributed by atoms with E-state index in [1.807, 2.05) is 43.3 Å². The van der Waals surface area contributed by atoms with Gasteiger partial charge in [0.25, 0.3) is 0 Å². The Kier molecular flexibility index (Phi) is 6.98. The number of nitriles is 2. The van der Waals surface area contributed by atoms with E-state index in [0.29, 0.717) is 11.1 Å². The summed E-state index contributed by atoms with van der Waals surface area (Å²) in [6.07, 6.45) is 4.24. The standard InChI is InChI=1S/C44H30N4/c1-3-11-35-29(2)47(41-17-7-4-14-37(35)41)34-22-21-33(28-46)40(26-34)32-13-10-12-31(25-32)36-23-20-30(27-45)24-44(36)48-42-18-8-5-15-38(42)39-16-6-9-19-43(39)48/h3-26H,1-2H3/b11-3-. The molecule has 226 valence electrons. The molecule has 0 saturated carbocycles. The molecule has 48 heavy (non-hydrogen) atoms. The van der Waals surface area contributed by atoms with Gasteiger partial charge in [0, 0.05) is 44.2 Å². The molecule has 4 nitrogen and oxygen atoms in total. The van der Waals surface area contributed by atoms with Crippen molar-refractivity contribution in [2.45, 2.75) is 13.8 Å². The lowest BCUT2D eigenvalue weighted by molar-refractivity contribution is 1.05. The second-order valence-corrected chi connectivity index (χ2v) is 12.0. The van der Waals surface area contributed by atoms with Crippen LogP contribution >= 0.6 is 0 Å². The van der Waals surface area contributed by atoms with Gasteiger partial charge in [0.2, 0.25) is 0 Å². The zero-order chi connectivity index (χ0) is 32.8. The van der Waals surface area contributed by atoms with Gasteiger partial charge in [-0.1, -0.05) is 91.0 Å². The first-order valence-corrected chi connectivity index (χ1v) is 16.0. The van der Waals surface area contributed by atoms with Crippen LogP contribution in [0.25, 0.3) is 72.4 Å². The highest BCUT2D eigenvalue weighted by molar-refractivity contribution is 6.09. The molecule has 0 saturated heterocycles. The summed E-state index contributed by atoms with van der Waals surface area (Å²) in [4.78, 5) is 0. The number of rotatable bonds is 5. The molecule has 8 rings (SSSR count). The second kappa shape index (κ2) is 11.6. The van der Waals surface area contributed by atoms with E-state index in [-0.39, 0.29) is 0 Å². The summed E-state index contributed by atoms with van der Waals surface area (Å²) in [6, 6.07) is 50.4. The number of nitrogens with zero attached hydrogens (tertiary/aromatic N) is 4. The molecule has 0 atom stereocenters. The third kappa shape index (κ3) is 4.51. The molecule has 0 amide bonds. The van der Waals surface area contributed by atoms with Crippen molar-refractivity contribution >= 4 is 38.8 Å². The number of para-hydroxylation sites is 3. The van der Waals surface area contributed by atoms with Crippen molar-refractivity contribution in [2.75, 3.05) is 0 Å². The minimum absolute atomic E-state index is 0.595. The molecule has 0 unspecified atom stereocenters. The molecule has 2 heterocycles. The molecular formula is C44H30N4. The van der Waals surface area contributed by atoms with Gasteiger partial charge in [-0.2, -0.15) is 10.5 Å². The van der Waals surface area contributed by atoms with Crippen molar-refractivity contribution < 1.29 is 0 Å². The van der Waals surface area contributed by atoms with E-state index in [2.05, 4.69) is 137 Å². The summed E-state index contributed by atoms with van der Waals surface area (Å²) in [6.45, 7) is 4.19. The molecule has 4 heteroatoms. The van der Waals surface area contributed by atoms with E-state index >= 15 is 0 Å². The lowest BCUT2D eigenvalue weighted by Crippen LogP contribution is -1.99. The first-order chi connectivity index (χ1) is 23.6. The Morgan fingerprint density at radius 1 is 0.562 bits per heavy atom. The quantitative estimate of drug-likeness (QED) is 0.194. The van der Waals surface area contributed by atoms with Crippen LogP contribution in [0.15, 0.2) is 140 Å². The Labute approximate surface area is 279 Å². The Morgan fingerprint density at radius 2 is 1.19 bits per heavy atom. The first kappa shape index (κ1) is 28.8. The SMILES string of the molecule is C/C=C\c1c(C)n(-c2ccc(C#N)c(-c3cccc(-c4ccc(C#N)cc4-n4c5ccccc5c5ccccc54)c3)c2)c2ccccc12. The van der Waals surface area contributed by atoms with Crippen LogP contribution in [0.4, 0.5) is 0 Å². The van der Waals surface area contributed by atoms with Gasteiger partial charge in [-0.3, -0.25) is 0 Å². The summed E-state index contributed by atoms with van der Waals surface area (Å²) in [5.74, 6) is 0. The van der Waals surface area contributed by atoms with Gasteiger partial charge in [0.05, 0.1) is 45.5 Å². The van der Waals surface area contributed by atoms with E-state index in [1.54, 1.807) is 0 Å². The van der Waals surface area contributed by atoms with Crippen LogP contribution in [0.2, 0.25) is 0 Å². The molecule has 0 bridgehead atoms. The average molecular weight is 615 g/mol. The van der Waals surface area contributed by atoms with Gasteiger partial charge in [-0.15, -0.1) is 0 Å². The minimum atomic E-state index is 0.595. The molecular weight excluding hydrogens is 585 g/mol. The minimum Gasteiger partial charge on any atom is -0.313 e. The molecule has 0 aliphatic heterocycles. The van der Waals surface area contributed by atoms with Crippen molar-refractivity contribution in [3.63, 3.8) is 0 Å². The topological polar surface area (TPSA) is 57.4 Å². The Hall–Kier alpha value is -6.62. The maximum Gasteiger partial charge on any atom is 0.0998 e. The molecule has 6 aromatic carbocycles. The highest BCUT2D eigenvalue weighted by Crippen LogP contribution is 2.39. The zero-order valence-electron chi connectivity index (χ0n) is 26.6. The van der Waals surface area contributed by atoms with Crippen molar-refractivity contribution in [1.29, 1.82) is 10.5 Å². The lowest BCUT2D eigenvalue weighted by Gasteiger charge is -2.16. The molecule has 0 fully saturated rings. The van der Waals surface area contributed by atoms with Crippen LogP contribution in [0.3, 0.4) is 0 Å². The third-order valence-corrected chi connectivity index (χ3v) is 9.31. The number of allylic oxidation sites excluding steroid dienone is 1. The van der Waals surface area contributed by atoms with Gasteiger partial charge in [0.1, 0.15) is 0 Å². The summed E-state index contributed by atoms with van der Waals surface area (Å²) in [5, 5.41) is 23.7. The van der Waals surface area contributed by atoms with Gasteiger partial charge < -0.3 is 9.13 Å². The molecule has 0 aliphatic carbocycles. The van der Waals surface area contributed by atoms with Crippen LogP contribution in [-0.4, -0.2) is 9.13 Å². The van der Waals surface area contributed by atoms with E-state index in [1.165, 1.54) is 10.9 Å². The van der Waals surface area contributed by atoms with Crippen molar-refractivity contribution in [2.24, 2.45) is 0 Å². The summed E-state index contributed by atoms with van der Waals surface area (Å²) in [7, 11) is 0. The van der Waals surface area contributed by atoms with Gasteiger partial charge in [-0.25, -0.2) is 0 Å². The molecule has 0 spiro atoms. The smallest absolute Gasteiger partial charge is 0.0998 e. The van der Waals surface area contributed by atoms with Crippen LogP contribution in [-0.2, 0) is 0 Å². The third-order valence-electron chi connectivity index (χ3n) is 9.31. The van der Waals surface area contributed by atoms with Gasteiger partial charge in [0.15, 0.2) is 0 Å². The number of benzene rings is 6. The number of hydrogen-bond donors (Lipinski definition) is 0. The molecule has 0 aliphatic rings. The molecule has 2 aromatic heterocycles. The van der Waals surface area contributed by atoms with Crippen LogP contribution in [0, 0.1) is 29.6 Å². The Balaban J connectivity index is 1.33. The van der Waals surface area contributed by atoms with E-state index in [9.17, 15) is 10.5 Å². The monoisotopic (exact) mass is 614 g/mol. The summed E-state index contributed by atoms with van der Waals surface area (Å²) >= 11 is 0. The van der Waals surface area contributed by atoms with Crippen molar-refractivity contribution in [3.8, 4) is 45.8 Å². The van der Waals surface area contributed by atoms with Crippen molar-refractivity contribution in [1.82, 2.24) is 9.13 Å². The van der Waals surface area contributed by atoms with E-state index < -0.39 is 0 Å². The lowest BCUT2D eigenvalue weighted by atomic mass is 9.94. The van der Waals surface area contributed by atoms with Gasteiger partial charge >= 0.3 is 0 Å². The highest BCUT2D eigenvalue weighted by atomic mass is 15.0. The number of hydrogen-bond acceptors (Lipinski definition) is 2. The fourth-order valence-corrected chi connectivity index (χ4v) is 7.18. The fourth-order valence-electron chi connectivity index (χ4n) is 7.18. The predicted molar refractivity (Wildman–Crippen MR) is 197 cm³/mol. The average Bonchev–Trinajstić information content (AvgIpc) is 3.62. The second-order valence-electron chi connectivity index (χ2n) is 12.0. The Bertz CT molecular complexity index is 2620. The van der Waals surface area contributed by atoms with Crippen LogP contribution < -0.4 is 0 Å². The van der Waals surface area contributed by atoms with Crippen LogP contribution in [0.1, 0.15) is 29.3 Å². The summed E-state index contributed by atoms with van der Waals surface area (Å²) in [5.41, 5.74) is 12.6. The molecule has 8 aromatic rings. The van der Waals surface area contributed by atoms with E-state index in [4.69, 9.17) is 0 Å². The van der Waals surface area contributed by atoms with Crippen molar-refractivity contribution in [3.05, 3.63) is 162 Å². The number of fused-ring (bicyclic) bond motifs is 4. The first-order valence-electron chi connectivity index (χ1n) is 16.0. The van der Waals surface area contributed by atoms with Gasteiger partial charge in [-0.05, 0) is 79.6 Å². The maximum atomic E-state index is 10.3. The number of aromatic nitrogens is 2. The van der Waals surface area contributed by atoms with Crippen LogP contribution in [0.5, 0.6) is 0 Å². The maximum absolute atomic E-state index is 10.3. The normalized spacial score (nSPS) is 11.4. The largest absolute Gasteiger partial charge is 0.313 e. The Morgan fingerprint density at radius 3 is 1.83 bits per heavy atom. The zero-order valence-corrected chi connectivity index (χ0v) is 26.6.